The zero-order chi connectivity index (χ0) is 13.2. The van der Waals surface area contributed by atoms with Crippen molar-refractivity contribution < 1.29 is 12.8 Å². The van der Waals surface area contributed by atoms with Gasteiger partial charge in [-0.1, -0.05) is 13.3 Å². The lowest BCUT2D eigenvalue weighted by molar-refractivity contribution is 0.380. The smallest absolute Gasteiger partial charge is 0.276 e. The molecule has 2 heterocycles. The first-order valence-corrected chi connectivity index (χ1v) is 7.75. The van der Waals surface area contributed by atoms with E-state index in [0.29, 0.717) is 31.3 Å². The molecule has 1 aliphatic rings. The summed E-state index contributed by atoms with van der Waals surface area (Å²) in [6.07, 6.45) is 1.97. The maximum absolute atomic E-state index is 12.3. The molecule has 1 aliphatic heterocycles. The van der Waals surface area contributed by atoms with Gasteiger partial charge in [0.25, 0.3) is 10.0 Å². The Labute approximate surface area is 108 Å². The van der Waals surface area contributed by atoms with E-state index in [1.165, 1.54) is 4.31 Å². The SMILES string of the molecule is CCC1CCN(S(=O)(=O)c2ccc(CNC)o2)C1. The average molecular weight is 272 g/mol. The molecule has 0 aliphatic carbocycles. The minimum Gasteiger partial charge on any atom is -0.447 e. The van der Waals surface area contributed by atoms with Crippen molar-refractivity contribution in [1.29, 1.82) is 0 Å². The molecule has 0 saturated carbocycles. The third-order valence-corrected chi connectivity index (χ3v) is 5.15. The predicted molar refractivity (Wildman–Crippen MR) is 68.6 cm³/mol. The largest absolute Gasteiger partial charge is 0.447 e. The van der Waals surface area contributed by atoms with Crippen LogP contribution in [0, 0.1) is 5.92 Å². The number of furan rings is 1. The fraction of sp³-hybridized carbons (Fsp3) is 0.667. The van der Waals surface area contributed by atoms with Gasteiger partial charge in [-0.2, -0.15) is 4.31 Å². The van der Waals surface area contributed by atoms with E-state index in [2.05, 4.69) is 12.2 Å². The third-order valence-electron chi connectivity index (χ3n) is 3.41. The van der Waals surface area contributed by atoms with Crippen molar-refractivity contribution in [1.82, 2.24) is 9.62 Å². The average Bonchev–Trinajstić information content (AvgIpc) is 2.98. The molecule has 1 N–H and O–H groups in total. The van der Waals surface area contributed by atoms with E-state index < -0.39 is 10.0 Å². The molecular weight excluding hydrogens is 252 g/mol. The normalized spacial score (nSPS) is 21.6. The van der Waals surface area contributed by atoms with E-state index in [0.717, 1.165) is 12.8 Å². The molecule has 2 rings (SSSR count). The summed E-state index contributed by atoms with van der Waals surface area (Å²) < 4.78 is 31.6. The molecule has 102 valence electrons. The molecule has 1 aromatic heterocycles. The topological polar surface area (TPSA) is 62.6 Å². The molecule has 1 saturated heterocycles. The van der Waals surface area contributed by atoms with E-state index in [4.69, 9.17) is 4.42 Å². The Hall–Kier alpha value is -0.850. The van der Waals surface area contributed by atoms with Crippen molar-refractivity contribution in [2.24, 2.45) is 5.92 Å². The Morgan fingerprint density at radius 2 is 2.28 bits per heavy atom. The van der Waals surface area contributed by atoms with Gasteiger partial charge in [0.05, 0.1) is 6.54 Å². The lowest BCUT2D eigenvalue weighted by atomic mass is 10.1. The van der Waals surface area contributed by atoms with Gasteiger partial charge in [0, 0.05) is 13.1 Å². The van der Waals surface area contributed by atoms with Crippen LogP contribution in [0.25, 0.3) is 0 Å². The number of nitrogens with zero attached hydrogens (tertiary/aromatic N) is 1. The van der Waals surface area contributed by atoms with Gasteiger partial charge in [0.15, 0.2) is 0 Å². The van der Waals surface area contributed by atoms with Crippen LogP contribution in [-0.4, -0.2) is 32.9 Å². The molecule has 18 heavy (non-hydrogen) atoms. The Morgan fingerprint density at radius 1 is 1.50 bits per heavy atom. The first-order chi connectivity index (χ1) is 8.57. The standard InChI is InChI=1S/C12H20N2O3S/c1-3-10-6-7-14(9-10)18(15,16)12-5-4-11(17-12)8-13-2/h4-5,10,13H,3,6-9H2,1-2H3. The molecule has 0 spiro atoms. The zero-order valence-corrected chi connectivity index (χ0v) is 11.7. The van der Waals surface area contributed by atoms with Crippen LogP contribution in [-0.2, 0) is 16.6 Å². The summed E-state index contributed by atoms with van der Waals surface area (Å²) in [5, 5.41) is 2.99. The van der Waals surface area contributed by atoms with Crippen molar-refractivity contribution in [2.45, 2.75) is 31.4 Å². The van der Waals surface area contributed by atoms with Gasteiger partial charge in [0.1, 0.15) is 5.76 Å². The number of hydrogen-bond donors (Lipinski definition) is 1. The second-order valence-corrected chi connectivity index (χ2v) is 6.55. The second-order valence-electron chi connectivity index (χ2n) is 4.68. The van der Waals surface area contributed by atoms with E-state index in [1.807, 2.05) is 0 Å². The van der Waals surface area contributed by atoms with Gasteiger partial charge in [-0.05, 0) is 31.5 Å². The van der Waals surface area contributed by atoms with Crippen molar-refractivity contribution in [3.05, 3.63) is 17.9 Å². The molecule has 1 atom stereocenters. The highest BCUT2D eigenvalue weighted by atomic mass is 32.2. The summed E-state index contributed by atoms with van der Waals surface area (Å²) in [4.78, 5) is 0. The summed E-state index contributed by atoms with van der Waals surface area (Å²) in [7, 11) is -1.65. The van der Waals surface area contributed by atoms with E-state index >= 15 is 0 Å². The quantitative estimate of drug-likeness (QED) is 0.880. The fourth-order valence-corrected chi connectivity index (χ4v) is 3.70. The highest BCUT2D eigenvalue weighted by molar-refractivity contribution is 7.89. The summed E-state index contributed by atoms with van der Waals surface area (Å²) in [6.45, 7) is 3.84. The van der Waals surface area contributed by atoms with Crippen molar-refractivity contribution >= 4 is 10.0 Å². The van der Waals surface area contributed by atoms with Gasteiger partial charge in [-0.15, -0.1) is 0 Å². The minimum atomic E-state index is -3.44. The Balaban J connectivity index is 2.15. The van der Waals surface area contributed by atoms with Gasteiger partial charge in [-0.25, -0.2) is 8.42 Å². The van der Waals surface area contributed by atoms with Crippen LogP contribution in [0.2, 0.25) is 0 Å². The van der Waals surface area contributed by atoms with E-state index in [1.54, 1.807) is 19.2 Å². The first kappa shape index (κ1) is 13.6. The fourth-order valence-electron chi connectivity index (χ4n) is 2.24. The summed E-state index contributed by atoms with van der Waals surface area (Å²) in [5.74, 6) is 1.12. The number of sulfonamides is 1. The monoisotopic (exact) mass is 272 g/mol. The lowest BCUT2D eigenvalue weighted by Crippen LogP contribution is -2.28. The number of rotatable bonds is 5. The van der Waals surface area contributed by atoms with Crippen LogP contribution >= 0.6 is 0 Å². The Kier molecular flexibility index (Phi) is 4.09. The highest BCUT2D eigenvalue weighted by Crippen LogP contribution is 2.26. The van der Waals surface area contributed by atoms with Gasteiger partial charge in [0.2, 0.25) is 5.09 Å². The molecule has 0 bridgehead atoms. The maximum Gasteiger partial charge on any atom is 0.276 e. The van der Waals surface area contributed by atoms with Crippen molar-refractivity contribution in [3.8, 4) is 0 Å². The van der Waals surface area contributed by atoms with E-state index in [-0.39, 0.29) is 5.09 Å². The molecule has 1 unspecified atom stereocenters. The predicted octanol–water partition coefficient (Wildman–Crippen LogP) is 1.42. The van der Waals surface area contributed by atoms with Crippen LogP contribution in [0.4, 0.5) is 0 Å². The summed E-state index contributed by atoms with van der Waals surface area (Å²) >= 11 is 0. The maximum atomic E-state index is 12.3. The highest BCUT2D eigenvalue weighted by Gasteiger charge is 2.33. The molecule has 0 amide bonds. The van der Waals surface area contributed by atoms with Gasteiger partial charge >= 0.3 is 0 Å². The first-order valence-electron chi connectivity index (χ1n) is 6.31. The van der Waals surface area contributed by atoms with E-state index in [9.17, 15) is 8.42 Å². The van der Waals surface area contributed by atoms with Crippen molar-refractivity contribution in [3.63, 3.8) is 0 Å². The van der Waals surface area contributed by atoms with Gasteiger partial charge < -0.3 is 9.73 Å². The van der Waals surface area contributed by atoms with Crippen molar-refractivity contribution in [2.75, 3.05) is 20.1 Å². The molecule has 1 fully saturated rings. The van der Waals surface area contributed by atoms with Crippen LogP contribution in [0.5, 0.6) is 0 Å². The third kappa shape index (κ3) is 2.60. The molecule has 0 radical (unpaired) electrons. The number of hydrogen-bond acceptors (Lipinski definition) is 4. The summed E-state index contributed by atoms with van der Waals surface area (Å²) in [5.41, 5.74) is 0. The molecule has 6 heteroatoms. The second kappa shape index (κ2) is 5.42. The lowest BCUT2D eigenvalue weighted by Gasteiger charge is -2.14. The molecule has 0 aromatic carbocycles. The van der Waals surface area contributed by atoms with Crippen LogP contribution in [0.3, 0.4) is 0 Å². The minimum absolute atomic E-state index is 0.0597. The molecule has 5 nitrogen and oxygen atoms in total. The van der Waals surface area contributed by atoms with Crippen LogP contribution in [0.15, 0.2) is 21.6 Å². The summed E-state index contributed by atoms with van der Waals surface area (Å²) in [6, 6.07) is 3.25. The molecular formula is C12H20N2O3S. The molecule has 1 aromatic rings. The zero-order valence-electron chi connectivity index (χ0n) is 10.8. The van der Waals surface area contributed by atoms with Crippen LogP contribution < -0.4 is 5.32 Å². The Bertz CT molecular complexity index is 495. The van der Waals surface area contributed by atoms with Crippen LogP contribution in [0.1, 0.15) is 25.5 Å². The number of nitrogens with one attached hydrogen (secondary N) is 1. The Morgan fingerprint density at radius 3 is 2.89 bits per heavy atom. The van der Waals surface area contributed by atoms with Gasteiger partial charge in [-0.3, -0.25) is 0 Å².